The van der Waals surface area contributed by atoms with Gasteiger partial charge >= 0.3 is 19.7 Å². The molecule has 1 aromatic carbocycles. The predicted molar refractivity (Wildman–Crippen MR) is 97.8 cm³/mol. The second-order valence-corrected chi connectivity index (χ2v) is 9.49. The van der Waals surface area contributed by atoms with Gasteiger partial charge in [0.05, 0.1) is 25.0 Å². The van der Waals surface area contributed by atoms with Gasteiger partial charge in [0.2, 0.25) is 0 Å². The van der Waals surface area contributed by atoms with Gasteiger partial charge in [-0.05, 0) is 30.3 Å². The van der Waals surface area contributed by atoms with Crippen molar-refractivity contribution in [2.75, 3.05) is 19.8 Å². The number of hydrogen-bond donors (Lipinski definition) is 0. The summed E-state index contributed by atoms with van der Waals surface area (Å²) < 4.78 is 77.8. The normalized spacial score (nSPS) is 19.1. The Labute approximate surface area is 170 Å². The summed E-state index contributed by atoms with van der Waals surface area (Å²) in [4.78, 5) is 12.3. The third-order valence-corrected chi connectivity index (χ3v) is 6.02. The van der Waals surface area contributed by atoms with E-state index in [1.807, 2.05) is 13.8 Å². The Morgan fingerprint density at radius 1 is 1.20 bits per heavy atom. The molecule has 2 heterocycles. The predicted octanol–water partition coefficient (Wildman–Crippen LogP) is 5.19. The number of esters is 1. The van der Waals surface area contributed by atoms with Crippen LogP contribution < -0.4 is 4.74 Å². The lowest BCUT2D eigenvalue weighted by Gasteiger charge is -2.36. The SMILES string of the molecule is CC1(C)COP(=O)(C(OC(=O)COc2cccc(C(F)(F)F)c2)c2ccco2)OC1. The van der Waals surface area contributed by atoms with Crippen LogP contribution in [0.2, 0.25) is 0 Å². The Balaban J connectivity index is 1.69. The van der Waals surface area contributed by atoms with Gasteiger partial charge in [-0.15, -0.1) is 0 Å². The van der Waals surface area contributed by atoms with Crippen LogP contribution in [-0.2, 0) is 29.3 Å². The summed E-state index contributed by atoms with van der Waals surface area (Å²) in [6, 6.07) is 7.01. The van der Waals surface area contributed by atoms with Gasteiger partial charge in [-0.25, -0.2) is 4.79 Å². The quantitative estimate of drug-likeness (QED) is 0.444. The minimum absolute atomic E-state index is 0.0467. The fourth-order valence-corrected chi connectivity index (χ4v) is 4.63. The first-order valence-electron chi connectivity index (χ1n) is 8.90. The Morgan fingerprint density at radius 3 is 2.50 bits per heavy atom. The molecule has 0 N–H and O–H groups in total. The molecule has 3 rings (SSSR count). The van der Waals surface area contributed by atoms with Crippen molar-refractivity contribution in [2.24, 2.45) is 5.41 Å². The largest absolute Gasteiger partial charge is 0.482 e. The molecule has 1 aromatic heterocycles. The lowest BCUT2D eigenvalue weighted by atomic mass is 9.97. The smallest absolute Gasteiger partial charge is 0.416 e. The van der Waals surface area contributed by atoms with Crippen LogP contribution >= 0.6 is 7.60 Å². The van der Waals surface area contributed by atoms with Crippen molar-refractivity contribution in [3.8, 4) is 5.75 Å². The Kier molecular flexibility index (Phi) is 6.31. The molecule has 1 saturated heterocycles. The molecular weight excluding hydrogens is 428 g/mol. The zero-order valence-corrected chi connectivity index (χ0v) is 17.1. The molecule has 0 aliphatic carbocycles. The van der Waals surface area contributed by atoms with Gasteiger partial charge in [-0.1, -0.05) is 19.9 Å². The second kappa shape index (κ2) is 8.45. The summed E-state index contributed by atoms with van der Waals surface area (Å²) in [6.45, 7) is 3.21. The van der Waals surface area contributed by atoms with Crippen LogP contribution in [-0.4, -0.2) is 25.8 Å². The molecule has 164 valence electrons. The maximum absolute atomic E-state index is 13.1. The first kappa shape index (κ1) is 22.4. The summed E-state index contributed by atoms with van der Waals surface area (Å²) in [6.07, 6.45) is -3.25. The van der Waals surface area contributed by atoms with Crippen molar-refractivity contribution in [1.29, 1.82) is 0 Å². The van der Waals surface area contributed by atoms with Crippen LogP contribution in [0.3, 0.4) is 0 Å². The summed E-state index contributed by atoms with van der Waals surface area (Å²) in [7, 11) is -3.91. The number of ether oxygens (including phenoxy) is 2. The minimum Gasteiger partial charge on any atom is -0.482 e. The summed E-state index contributed by atoms with van der Waals surface area (Å²) >= 11 is 0. The van der Waals surface area contributed by atoms with Gasteiger partial charge in [-0.3, -0.25) is 4.57 Å². The van der Waals surface area contributed by atoms with Crippen molar-refractivity contribution >= 4 is 13.6 Å². The van der Waals surface area contributed by atoms with Crippen LogP contribution in [0.5, 0.6) is 5.75 Å². The third kappa shape index (κ3) is 5.44. The van der Waals surface area contributed by atoms with E-state index in [9.17, 15) is 22.5 Å². The van der Waals surface area contributed by atoms with Crippen molar-refractivity contribution < 1.29 is 45.5 Å². The number of furan rings is 1. The summed E-state index contributed by atoms with van der Waals surface area (Å²) in [5.74, 6) is -2.58. The highest BCUT2D eigenvalue weighted by Crippen LogP contribution is 2.64. The average Bonchev–Trinajstić information content (AvgIpc) is 3.21. The molecule has 1 fully saturated rings. The molecule has 1 unspecified atom stereocenters. The van der Waals surface area contributed by atoms with Gasteiger partial charge in [0.15, 0.2) is 12.4 Å². The van der Waals surface area contributed by atoms with Gasteiger partial charge in [0.1, 0.15) is 5.75 Å². The summed E-state index contributed by atoms with van der Waals surface area (Å²) in [5.41, 5.74) is -1.30. The Hall–Kier alpha value is -2.29. The van der Waals surface area contributed by atoms with E-state index < -0.39 is 37.8 Å². The van der Waals surface area contributed by atoms with Crippen molar-refractivity contribution in [3.05, 3.63) is 54.0 Å². The van der Waals surface area contributed by atoms with Crippen LogP contribution in [0.4, 0.5) is 13.2 Å². The van der Waals surface area contributed by atoms with E-state index in [1.54, 1.807) is 0 Å². The number of alkyl halides is 3. The first-order chi connectivity index (χ1) is 14.0. The monoisotopic (exact) mass is 448 g/mol. The Bertz CT molecular complexity index is 910. The van der Waals surface area contributed by atoms with E-state index in [0.29, 0.717) is 0 Å². The van der Waals surface area contributed by atoms with Crippen molar-refractivity contribution in [3.63, 3.8) is 0 Å². The lowest BCUT2D eigenvalue weighted by Crippen LogP contribution is -2.31. The van der Waals surface area contributed by atoms with E-state index in [-0.39, 0.29) is 30.1 Å². The number of halogens is 3. The molecule has 2 aromatic rings. The molecule has 30 heavy (non-hydrogen) atoms. The first-order valence-corrected chi connectivity index (χ1v) is 10.5. The molecule has 1 aliphatic heterocycles. The van der Waals surface area contributed by atoms with Crippen molar-refractivity contribution in [1.82, 2.24) is 0 Å². The van der Waals surface area contributed by atoms with E-state index in [4.69, 9.17) is 22.9 Å². The number of hydrogen-bond acceptors (Lipinski definition) is 7. The molecule has 0 saturated carbocycles. The molecular formula is C19H20F3O7P. The minimum atomic E-state index is -4.55. The molecule has 1 aliphatic rings. The molecule has 1 atom stereocenters. The average molecular weight is 448 g/mol. The molecule has 0 amide bonds. The maximum atomic E-state index is 13.1. The van der Waals surface area contributed by atoms with Gasteiger partial charge in [0, 0.05) is 5.41 Å². The summed E-state index contributed by atoms with van der Waals surface area (Å²) in [5, 5.41) is 0. The lowest BCUT2D eigenvalue weighted by molar-refractivity contribution is -0.150. The highest BCUT2D eigenvalue weighted by atomic mass is 31.2. The van der Waals surface area contributed by atoms with E-state index in [0.717, 1.165) is 18.2 Å². The zero-order chi connectivity index (χ0) is 22.0. The van der Waals surface area contributed by atoms with Gasteiger partial charge in [0.25, 0.3) is 5.85 Å². The van der Waals surface area contributed by atoms with E-state index >= 15 is 0 Å². The molecule has 0 spiro atoms. The van der Waals surface area contributed by atoms with E-state index in [2.05, 4.69) is 0 Å². The van der Waals surface area contributed by atoms with Gasteiger partial charge in [-0.2, -0.15) is 13.2 Å². The molecule has 7 nitrogen and oxygen atoms in total. The standard InChI is InChI=1S/C19H20F3O7P/c1-18(2)11-27-30(24,28-12-18)17(15-7-4-8-25-15)29-16(23)10-26-14-6-3-5-13(9-14)19(20,21)22/h3-9,17H,10-12H2,1-2H3. The topological polar surface area (TPSA) is 84.2 Å². The fourth-order valence-electron chi connectivity index (χ4n) is 2.52. The van der Waals surface area contributed by atoms with Crippen LogP contribution in [0.15, 0.2) is 47.1 Å². The zero-order valence-electron chi connectivity index (χ0n) is 16.2. The third-order valence-electron chi connectivity index (χ3n) is 4.11. The van der Waals surface area contributed by atoms with Crippen LogP contribution in [0.1, 0.15) is 31.0 Å². The van der Waals surface area contributed by atoms with Crippen LogP contribution in [0.25, 0.3) is 0 Å². The van der Waals surface area contributed by atoms with Gasteiger partial charge < -0.3 is 22.9 Å². The highest BCUT2D eigenvalue weighted by Gasteiger charge is 2.47. The second-order valence-electron chi connectivity index (χ2n) is 7.42. The molecule has 11 heteroatoms. The van der Waals surface area contributed by atoms with Crippen LogP contribution in [0, 0.1) is 5.41 Å². The van der Waals surface area contributed by atoms with E-state index in [1.165, 1.54) is 24.5 Å². The number of carbonyl (C=O) groups excluding carboxylic acids is 1. The number of carbonyl (C=O) groups is 1. The number of benzene rings is 1. The molecule has 0 radical (unpaired) electrons. The highest BCUT2D eigenvalue weighted by molar-refractivity contribution is 7.54. The number of rotatable bonds is 6. The van der Waals surface area contributed by atoms with Crippen molar-refractivity contribution in [2.45, 2.75) is 25.9 Å². The Morgan fingerprint density at radius 2 is 1.90 bits per heavy atom. The fraction of sp³-hybridized carbons (Fsp3) is 0.421. The molecule has 0 bridgehead atoms. The maximum Gasteiger partial charge on any atom is 0.416 e.